The molecule has 2 atom stereocenters. The lowest BCUT2D eigenvalue weighted by atomic mass is 9.99. The Kier molecular flexibility index (Phi) is 3.99. The minimum Gasteiger partial charge on any atom is -0.387 e. The molecular weight excluding hydrogens is 290 g/mol. The zero-order valence-corrected chi connectivity index (χ0v) is 13.4. The molecule has 0 saturated carbocycles. The Bertz CT molecular complexity index is 583. The van der Waals surface area contributed by atoms with Gasteiger partial charge in [-0.2, -0.15) is 0 Å². The van der Waals surface area contributed by atoms with Crippen molar-refractivity contribution in [2.45, 2.75) is 43.9 Å². The van der Waals surface area contributed by atoms with Crippen molar-refractivity contribution in [1.82, 2.24) is 15.1 Å². The molecular formula is C18H25N3O2. The first-order chi connectivity index (χ1) is 11.2. The number of carbonyl (C=O) groups is 1. The largest absolute Gasteiger partial charge is 0.387 e. The number of amides is 2. The molecule has 23 heavy (non-hydrogen) atoms. The Morgan fingerprint density at radius 2 is 1.91 bits per heavy atom. The highest BCUT2D eigenvalue weighted by molar-refractivity contribution is 5.75. The summed E-state index contributed by atoms with van der Waals surface area (Å²) in [6, 6.07) is 8.88. The van der Waals surface area contributed by atoms with Crippen LogP contribution in [0.1, 0.15) is 36.5 Å². The average molecular weight is 315 g/mol. The van der Waals surface area contributed by atoms with E-state index in [1.165, 1.54) is 5.56 Å². The van der Waals surface area contributed by atoms with Crippen LogP contribution in [0.4, 0.5) is 4.79 Å². The quantitative estimate of drug-likeness (QED) is 0.870. The number of carbonyl (C=O) groups excluding carboxylic acids is 1. The van der Waals surface area contributed by atoms with Gasteiger partial charge < -0.3 is 15.3 Å². The third-order valence-electron chi connectivity index (χ3n) is 5.69. The predicted molar refractivity (Wildman–Crippen MR) is 88.2 cm³/mol. The lowest BCUT2D eigenvalue weighted by Crippen LogP contribution is -2.55. The van der Waals surface area contributed by atoms with Gasteiger partial charge in [-0.3, -0.25) is 4.90 Å². The van der Waals surface area contributed by atoms with E-state index in [1.54, 1.807) is 0 Å². The second-order valence-corrected chi connectivity index (χ2v) is 6.96. The fourth-order valence-corrected chi connectivity index (χ4v) is 4.41. The first kappa shape index (κ1) is 15.0. The van der Waals surface area contributed by atoms with Crippen molar-refractivity contribution < 1.29 is 9.90 Å². The van der Waals surface area contributed by atoms with Gasteiger partial charge in [0.05, 0.1) is 6.10 Å². The highest BCUT2D eigenvalue weighted by Gasteiger charge is 2.38. The summed E-state index contributed by atoms with van der Waals surface area (Å²) < 4.78 is 0. The van der Waals surface area contributed by atoms with Gasteiger partial charge in [0.15, 0.2) is 0 Å². The molecule has 2 N–H and O–H groups in total. The van der Waals surface area contributed by atoms with Crippen LogP contribution < -0.4 is 5.32 Å². The fourth-order valence-electron chi connectivity index (χ4n) is 4.41. The van der Waals surface area contributed by atoms with E-state index in [0.717, 1.165) is 57.4 Å². The van der Waals surface area contributed by atoms with E-state index in [4.69, 9.17) is 0 Å². The number of nitrogens with one attached hydrogen (secondary N) is 1. The summed E-state index contributed by atoms with van der Waals surface area (Å²) in [5.74, 6) is 0. The van der Waals surface area contributed by atoms with Crippen molar-refractivity contribution >= 4 is 6.03 Å². The minimum atomic E-state index is -0.374. The van der Waals surface area contributed by atoms with Crippen LogP contribution in [0.15, 0.2) is 24.3 Å². The standard InChI is InChI=1S/C18H25N3O2/c22-17-15-5-2-1-4-13(15)12-16(17)20-10-6-14(7-11-20)21-9-3-8-19-18(21)23/h1-2,4-5,14,16-17,22H,3,6-12H2,(H,19,23). The number of hydrogen-bond acceptors (Lipinski definition) is 3. The summed E-state index contributed by atoms with van der Waals surface area (Å²) >= 11 is 0. The molecule has 0 bridgehead atoms. The van der Waals surface area contributed by atoms with E-state index in [2.05, 4.69) is 22.3 Å². The predicted octanol–water partition coefficient (Wildman–Crippen LogP) is 1.52. The van der Waals surface area contributed by atoms with Crippen molar-refractivity contribution in [3.8, 4) is 0 Å². The molecule has 0 radical (unpaired) electrons. The lowest BCUT2D eigenvalue weighted by molar-refractivity contribution is 0.0304. The number of hydrogen-bond donors (Lipinski definition) is 2. The topological polar surface area (TPSA) is 55.8 Å². The van der Waals surface area contributed by atoms with Crippen LogP contribution in [-0.2, 0) is 6.42 Å². The van der Waals surface area contributed by atoms with Gasteiger partial charge in [-0.1, -0.05) is 24.3 Å². The maximum absolute atomic E-state index is 12.0. The Hall–Kier alpha value is -1.59. The van der Waals surface area contributed by atoms with Gasteiger partial charge in [-0.25, -0.2) is 4.79 Å². The van der Waals surface area contributed by atoms with Gasteiger partial charge >= 0.3 is 6.03 Å². The van der Waals surface area contributed by atoms with Gasteiger partial charge in [-0.15, -0.1) is 0 Å². The highest BCUT2D eigenvalue weighted by Crippen LogP contribution is 2.35. The molecule has 2 fully saturated rings. The SMILES string of the molecule is O=C1NCCCN1C1CCN(C2Cc3ccccc3C2O)CC1. The van der Waals surface area contributed by atoms with Gasteiger partial charge in [0, 0.05) is 38.3 Å². The number of likely N-dealkylation sites (tertiary alicyclic amines) is 1. The molecule has 2 aliphatic heterocycles. The molecule has 1 aliphatic carbocycles. The fraction of sp³-hybridized carbons (Fsp3) is 0.611. The summed E-state index contributed by atoms with van der Waals surface area (Å²) in [6.07, 6.45) is 3.62. The number of benzene rings is 1. The third kappa shape index (κ3) is 2.72. The van der Waals surface area contributed by atoms with Crippen molar-refractivity contribution in [3.63, 3.8) is 0 Å². The van der Waals surface area contributed by atoms with E-state index in [-0.39, 0.29) is 18.2 Å². The molecule has 1 aromatic rings. The van der Waals surface area contributed by atoms with Crippen LogP contribution in [-0.4, -0.2) is 59.2 Å². The van der Waals surface area contributed by atoms with E-state index < -0.39 is 0 Å². The molecule has 5 nitrogen and oxygen atoms in total. The highest BCUT2D eigenvalue weighted by atomic mass is 16.3. The van der Waals surface area contributed by atoms with Gasteiger partial charge in [0.1, 0.15) is 0 Å². The number of rotatable bonds is 2. The second kappa shape index (κ2) is 6.13. The summed E-state index contributed by atoms with van der Waals surface area (Å²) in [5.41, 5.74) is 2.37. The molecule has 1 aromatic carbocycles. The molecule has 0 spiro atoms. The molecule has 124 valence electrons. The maximum atomic E-state index is 12.0. The van der Waals surface area contributed by atoms with Crippen molar-refractivity contribution in [3.05, 3.63) is 35.4 Å². The molecule has 2 amide bonds. The Balaban J connectivity index is 1.38. The normalized spacial score (nSPS) is 29.4. The zero-order valence-electron chi connectivity index (χ0n) is 13.4. The molecule has 2 saturated heterocycles. The lowest BCUT2D eigenvalue weighted by Gasteiger charge is -2.42. The van der Waals surface area contributed by atoms with Crippen LogP contribution in [0.2, 0.25) is 0 Å². The molecule has 5 heteroatoms. The Morgan fingerprint density at radius 3 is 2.65 bits per heavy atom. The number of nitrogens with zero attached hydrogens (tertiary/aromatic N) is 2. The Labute approximate surface area is 137 Å². The maximum Gasteiger partial charge on any atom is 0.317 e. The molecule has 3 aliphatic rings. The number of piperidine rings is 1. The number of aliphatic hydroxyl groups excluding tert-OH is 1. The van der Waals surface area contributed by atoms with Gasteiger partial charge in [0.25, 0.3) is 0 Å². The molecule has 0 aromatic heterocycles. The number of fused-ring (bicyclic) bond motifs is 1. The van der Waals surface area contributed by atoms with Crippen LogP contribution in [0, 0.1) is 0 Å². The molecule has 2 unspecified atom stereocenters. The molecule has 2 heterocycles. The van der Waals surface area contributed by atoms with Crippen molar-refractivity contribution in [2.75, 3.05) is 26.2 Å². The van der Waals surface area contributed by atoms with E-state index in [9.17, 15) is 9.90 Å². The monoisotopic (exact) mass is 315 g/mol. The van der Waals surface area contributed by atoms with E-state index >= 15 is 0 Å². The number of aliphatic hydroxyl groups is 1. The first-order valence-corrected chi connectivity index (χ1v) is 8.78. The number of urea groups is 1. The molecule has 4 rings (SSSR count). The van der Waals surface area contributed by atoms with E-state index in [1.807, 2.05) is 17.0 Å². The van der Waals surface area contributed by atoms with Crippen molar-refractivity contribution in [2.24, 2.45) is 0 Å². The minimum absolute atomic E-state index is 0.100. The smallest absolute Gasteiger partial charge is 0.317 e. The van der Waals surface area contributed by atoms with Gasteiger partial charge in [-0.05, 0) is 36.8 Å². The second-order valence-electron chi connectivity index (χ2n) is 6.96. The Morgan fingerprint density at radius 1 is 1.13 bits per heavy atom. The average Bonchev–Trinajstić information content (AvgIpc) is 2.93. The van der Waals surface area contributed by atoms with Crippen LogP contribution >= 0.6 is 0 Å². The summed E-state index contributed by atoms with van der Waals surface area (Å²) in [4.78, 5) is 16.4. The van der Waals surface area contributed by atoms with Crippen LogP contribution in [0.3, 0.4) is 0 Å². The summed E-state index contributed by atoms with van der Waals surface area (Å²) in [6.45, 7) is 3.61. The summed E-state index contributed by atoms with van der Waals surface area (Å²) in [5, 5.41) is 13.6. The van der Waals surface area contributed by atoms with Crippen LogP contribution in [0.25, 0.3) is 0 Å². The first-order valence-electron chi connectivity index (χ1n) is 8.78. The van der Waals surface area contributed by atoms with Crippen molar-refractivity contribution in [1.29, 1.82) is 0 Å². The third-order valence-corrected chi connectivity index (χ3v) is 5.69. The van der Waals surface area contributed by atoms with E-state index in [0.29, 0.717) is 6.04 Å². The zero-order chi connectivity index (χ0) is 15.8. The van der Waals surface area contributed by atoms with Crippen LogP contribution in [0.5, 0.6) is 0 Å². The van der Waals surface area contributed by atoms with Gasteiger partial charge in [0.2, 0.25) is 0 Å². The summed E-state index contributed by atoms with van der Waals surface area (Å²) in [7, 11) is 0.